The van der Waals surface area contributed by atoms with E-state index >= 15 is 0 Å². The van der Waals surface area contributed by atoms with Crippen LogP contribution in [0.3, 0.4) is 0 Å². The van der Waals surface area contributed by atoms with Crippen LogP contribution in [0.15, 0.2) is 0 Å². The van der Waals surface area contributed by atoms with Gasteiger partial charge in [0.25, 0.3) is 0 Å². The van der Waals surface area contributed by atoms with Crippen molar-refractivity contribution in [1.82, 2.24) is 10.6 Å². The molecule has 5 heteroatoms. The van der Waals surface area contributed by atoms with E-state index in [9.17, 15) is 9.59 Å². The third-order valence-corrected chi connectivity index (χ3v) is 5.24. The van der Waals surface area contributed by atoms with Gasteiger partial charge in [-0.3, -0.25) is 4.79 Å². The molecule has 3 N–H and O–H groups in total. The summed E-state index contributed by atoms with van der Waals surface area (Å²) in [6, 6.07) is 0.164. The van der Waals surface area contributed by atoms with Crippen LogP contribution in [0.25, 0.3) is 0 Å². The van der Waals surface area contributed by atoms with E-state index in [4.69, 9.17) is 5.11 Å². The number of hydrogen-bond acceptors (Lipinski definition) is 2. The molecule has 3 fully saturated rings. The number of carbonyl (C=O) groups is 2. The topological polar surface area (TPSA) is 78.4 Å². The van der Waals surface area contributed by atoms with E-state index in [0.29, 0.717) is 17.9 Å². The first kappa shape index (κ1) is 14.7. The highest BCUT2D eigenvalue weighted by Crippen LogP contribution is 2.44. The lowest BCUT2D eigenvalue weighted by atomic mass is 9.79. The highest BCUT2D eigenvalue weighted by atomic mass is 16.4. The van der Waals surface area contributed by atoms with Crippen molar-refractivity contribution >= 4 is 12.0 Å². The maximum absolute atomic E-state index is 12.4. The molecule has 0 heterocycles. The van der Waals surface area contributed by atoms with Crippen molar-refractivity contribution in [3.63, 3.8) is 0 Å². The van der Waals surface area contributed by atoms with E-state index in [0.717, 1.165) is 32.1 Å². The summed E-state index contributed by atoms with van der Waals surface area (Å²) in [6.45, 7) is 0. The third-order valence-electron chi connectivity index (χ3n) is 5.24. The van der Waals surface area contributed by atoms with Gasteiger partial charge in [0, 0.05) is 6.04 Å². The van der Waals surface area contributed by atoms with Gasteiger partial charge < -0.3 is 15.7 Å². The van der Waals surface area contributed by atoms with Gasteiger partial charge in [-0.1, -0.05) is 19.3 Å². The number of amides is 2. The first-order valence-corrected chi connectivity index (χ1v) is 8.38. The van der Waals surface area contributed by atoms with Crippen molar-refractivity contribution in [2.45, 2.75) is 75.8 Å². The van der Waals surface area contributed by atoms with Crippen LogP contribution in [0, 0.1) is 11.8 Å². The van der Waals surface area contributed by atoms with Crippen LogP contribution in [0.5, 0.6) is 0 Å². The normalized spacial score (nSPS) is 24.6. The summed E-state index contributed by atoms with van der Waals surface area (Å²) in [4.78, 5) is 23.5. The quantitative estimate of drug-likeness (QED) is 0.704. The zero-order valence-corrected chi connectivity index (χ0v) is 12.6. The minimum absolute atomic E-state index is 0.0396. The van der Waals surface area contributed by atoms with Gasteiger partial charge in [-0.15, -0.1) is 0 Å². The fourth-order valence-electron chi connectivity index (χ4n) is 3.82. The van der Waals surface area contributed by atoms with Crippen LogP contribution < -0.4 is 10.6 Å². The van der Waals surface area contributed by atoms with Crippen LogP contribution in [-0.4, -0.2) is 28.7 Å². The summed E-state index contributed by atoms with van der Waals surface area (Å²) in [7, 11) is 0. The molecule has 21 heavy (non-hydrogen) atoms. The van der Waals surface area contributed by atoms with Gasteiger partial charge in [-0.05, 0) is 50.4 Å². The molecular weight excluding hydrogens is 268 g/mol. The molecule has 3 aliphatic rings. The number of urea groups is 1. The third kappa shape index (κ3) is 3.89. The average Bonchev–Trinajstić information content (AvgIpc) is 3.27. The second-order valence-electron chi connectivity index (χ2n) is 7.21. The SMILES string of the molecule is O=C(O)CC1(NC(=O)NC(C2CC2)C2CC2)CCCCC1. The number of carboxylic acid groups (broad SMARTS) is 1. The smallest absolute Gasteiger partial charge is 0.315 e. The Morgan fingerprint density at radius 2 is 1.62 bits per heavy atom. The Labute approximate surface area is 125 Å². The highest BCUT2D eigenvalue weighted by molar-refractivity contribution is 5.77. The van der Waals surface area contributed by atoms with Gasteiger partial charge >= 0.3 is 12.0 Å². The highest BCUT2D eigenvalue weighted by Gasteiger charge is 2.43. The number of nitrogens with one attached hydrogen (secondary N) is 2. The minimum atomic E-state index is -0.821. The predicted molar refractivity (Wildman–Crippen MR) is 79.0 cm³/mol. The van der Waals surface area contributed by atoms with E-state index < -0.39 is 11.5 Å². The van der Waals surface area contributed by atoms with Crippen LogP contribution in [0.1, 0.15) is 64.2 Å². The number of rotatable bonds is 6. The van der Waals surface area contributed by atoms with Crippen LogP contribution in [-0.2, 0) is 4.79 Å². The maximum atomic E-state index is 12.4. The summed E-state index contributed by atoms with van der Waals surface area (Å²) < 4.78 is 0. The van der Waals surface area contributed by atoms with E-state index in [-0.39, 0.29) is 12.5 Å². The molecule has 0 aromatic heterocycles. The molecule has 3 aliphatic carbocycles. The zero-order chi connectivity index (χ0) is 14.9. The first-order chi connectivity index (χ1) is 10.1. The maximum Gasteiger partial charge on any atom is 0.315 e. The molecule has 0 unspecified atom stereocenters. The lowest BCUT2D eigenvalue weighted by Crippen LogP contribution is -2.56. The van der Waals surface area contributed by atoms with Gasteiger partial charge in [0.1, 0.15) is 0 Å². The molecule has 5 nitrogen and oxygen atoms in total. The fraction of sp³-hybridized carbons (Fsp3) is 0.875. The summed E-state index contributed by atoms with van der Waals surface area (Å²) >= 11 is 0. The molecule has 0 atom stereocenters. The van der Waals surface area contributed by atoms with Crippen molar-refractivity contribution in [2.75, 3.05) is 0 Å². The Morgan fingerprint density at radius 1 is 1.05 bits per heavy atom. The number of carboxylic acids is 1. The van der Waals surface area contributed by atoms with Crippen molar-refractivity contribution in [3.05, 3.63) is 0 Å². The summed E-state index contributed by atoms with van der Waals surface area (Å²) in [6.07, 6.45) is 9.64. The Morgan fingerprint density at radius 3 is 2.10 bits per heavy atom. The first-order valence-electron chi connectivity index (χ1n) is 8.38. The lowest BCUT2D eigenvalue weighted by molar-refractivity contribution is -0.139. The molecule has 0 aromatic carbocycles. The summed E-state index contributed by atoms with van der Waals surface area (Å²) in [5.74, 6) is 0.494. The standard InChI is InChI=1S/C16H26N2O3/c19-13(20)10-16(8-2-1-3-9-16)18-15(21)17-14(11-4-5-11)12-6-7-12/h11-12,14H,1-10H2,(H,19,20)(H2,17,18,21). The largest absolute Gasteiger partial charge is 0.481 e. The Balaban J connectivity index is 1.58. The summed E-state index contributed by atoms with van der Waals surface area (Å²) in [5.41, 5.74) is -0.536. The Hall–Kier alpha value is -1.26. The molecule has 0 spiro atoms. The van der Waals surface area contributed by atoms with Gasteiger partial charge in [-0.25, -0.2) is 4.79 Å². The van der Waals surface area contributed by atoms with E-state index in [1.165, 1.54) is 25.7 Å². The molecule has 0 radical (unpaired) electrons. The average molecular weight is 294 g/mol. The van der Waals surface area contributed by atoms with Gasteiger partial charge in [0.05, 0.1) is 12.0 Å². The molecule has 2 amide bonds. The van der Waals surface area contributed by atoms with E-state index in [1.54, 1.807) is 0 Å². The van der Waals surface area contributed by atoms with Gasteiger partial charge in [-0.2, -0.15) is 0 Å². The van der Waals surface area contributed by atoms with Gasteiger partial charge in [0.2, 0.25) is 0 Å². The van der Waals surface area contributed by atoms with E-state index in [2.05, 4.69) is 10.6 Å². The molecule has 0 saturated heterocycles. The predicted octanol–water partition coefficient (Wildman–Crippen LogP) is 2.65. The molecule has 0 bridgehead atoms. The second kappa shape index (κ2) is 5.85. The molecule has 3 rings (SSSR count). The zero-order valence-electron chi connectivity index (χ0n) is 12.6. The molecule has 0 aliphatic heterocycles. The van der Waals surface area contributed by atoms with E-state index in [1.807, 2.05) is 0 Å². The molecule has 118 valence electrons. The van der Waals surface area contributed by atoms with Crippen LogP contribution >= 0.6 is 0 Å². The summed E-state index contributed by atoms with van der Waals surface area (Å²) in [5, 5.41) is 15.3. The lowest BCUT2D eigenvalue weighted by Gasteiger charge is -2.37. The van der Waals surface area contributed by atoms with Crippen molar-refractivity contribution in [3.8, 4) is 0 Å². The van der Waals surface area contributed by atoms with Crippen molar-refractivity contribution in [1.29, 1.82) is 0 Å². The number of carbonyl (C=O) groups excluding carboxylic acids is 1. The van der Waals surface area contributed by atoms with Crippen molar-refractivity contribution < 1.29 is 14.7 Å². The minimum Gasteiger partial charge on any atom is -0.481 e. The van der Waals surface area contributed by atoms with Crippen LogP contribution in [0.4, 0.5) is 4.79 Å². The van der Waals surface area contributed by atoms with Gasteiger partial charge in [0.15, 0.2) is 0 Å². The molecular formula is C16H26N2O3. The van der Waals surface area contributed by atoms with Crippen LogP contribution in [0.2, 0.25) is 0 Å². The second-order valence-corrected chi connectivity index (χ2v) is 7.21. The Bertz CT molecular complexity index is 398. The Kier molecular flexibility index (Phi) is 4.09. The number of hydrogen-bond donors (Lipinski definition) is 3. The fourth-order valence-corrected chi connectivity index (χ4v) is 3.82. The monoisotopic (exact) mass is 294 g/mol. The number of aliphatic carboxylic acids is 1. The van der Waals surface area contributed by atoms with Crippen molar-refractivity contribution in [2.24, 2.45) is 11.8 Å². The molecule has 3 saturated carbocycles. The molecule has 0 aromatic rings.